The second-order valence-electron chi connectivity index (χ2n) is 4.61. The molecule has 2 nitrogen and oxygen atoms in total. The SMILES string of the molecule is CCc1ccccc1CNc1nc2cc(F)ccc2s1. The molecule has 0 aliphatic heterocycles. The zero-order chi connectivity index (χ0) is 13.9. The summed E-state index contributed by atoms with van der Waals surface area (Å²) in [7, 11) is 0. The Balaban J connectivity index is 1.79. The topological polar surface area (TPSA) is 24.9 Å². The van der Waals surface area contributed by atoms with Crippen LogP contribution < -0.4 is 5.32 Å². The fraction of sp³-hybridized carbons (Fsp3) is 0.188. The summed E-state index contributed by atoms with van der Waals surface area (Å²) >= 11 is 1.55. The van der Waals surface area contributed by atoms with Gasteiger partial charge >= 0.3 is 0 Å². The number of benzene rings is 2. The molecular formula is C16H15FN2S. The Morgan fingerprint density at radius 3 is 2.75 bits per heavy atom. The normalized spacial score (nSPS) is 10.9. The molecule has 3 rings (SSSR count). The average molecular weight is 286 g/mol. The lowest BCUT2D eigenvalue weighted by Crippen LogP contribution is -2.01. The number of rotatable bonds is 4. The Bertz CT molecular complexity index is 736. The van der Waals surface area contributed by atoms with Gasteiger partial charge in [0.2, 0.25) is 0 Å². The largest absolute Gasteiger partial charge is 0.357 e. The zero-order valence-corrected chi connectivity index (χ0v) is 12.0. The van der Waals surface area contributed by atoms with Gasteiger partial charge in [0.05, 0.1) is 10.2 Å². The number of nitrogens with one attached hydrogen (secondary N) is 1. The van der Waals surface area contributed by atoms with Crippen LogP contribution in [0.15, 0.2) is 42.5 Å². The molecule has 0 fully saturated rings. The minimum Gasteiger partial charge on any atom is -0.357 e. The van der Waals surface area contributed by atoms with Gasteiger partial charge in [-0.05, 0) is 29.7 Å². The molecule has 4 heteroatoms. The van der Waals surface area contributed by atoms with Crippen LogP contribution in [0.2, 0.25) is 0 Å². The predicted molar refractivity (Wildman–Crippen MR) is 82.7 cm³/mol. The maximum atomic E-state index is 13.1. The van der Waals surface area contributed by atoms with Gasteiger partial charge in [0.1, 0.15) is 5.82 Å². The number of aryl methyl sites for hydroxylation is 1. The van der Waals surface area contributed by atoms with Crippen molar-refractivity contribution in [3.63, 3.8) is 0 Å². The molecule has 0 spiro atoms. The van der Waals surface area contributed by atoms with Crippen LogP contribution in [-0.2, 0) is 13.0 Å². The molecule has 0 saturated heterocycles. The molecule has 0 unspecified atom stereocenters. The van der Waals surface area contributed by atoms with Gasteiger partial charge < -0.3 is 5.32 Å². The first-order chi connectivity index (χ1) is 9.76. The maximum Gasteiger partial charge on any atom is 0.184 e. The van der Waals surface area contributed by atoms with Gasteiger partial charge in [-0.1, -0.05) is 42.5 Å². The molecule has 0 atom stereocenters. The summed E-state index contributed by atoms with van der Waals surface area (Å²) in [5.41, 5.74) is 3.33. The number of hydrogen-bond donors (Lipinski definition) is 1. The molecule has 20 heavy (non-hydrogen) atoms. The lowest BCUT2D eigenvalue weighted by molar-refractivity contribution is 0.629. The van der Waals surface area contributed by atoms with E-state index in [0.29, 0.717) is 5.52 Å². The zero-order valence-electron chi connectivity index (χ0n) is 11.2. The highest BCUT2D eigenvalue weighted by molar-refractivity contribution is 7.22. The Morgan fingerprint density at radius 2 is 1.95 bits per heavy atom. The molecule has 0 aliphatic carbocycles. The predicted octanol–water partition coefficient (Wildman–Crippen LogP) is 4.61. The molecule has 102 valence electrons. The van der Waals surface area contributed by atoms with Gasteiger partial charge in [-0.3, -0.25) is 0 Å². The smallest absolute Gasteiger partial charge is 0.184 e. The molecule has 0 bridgehead atoms. The summed E-state index contributed by atoms with van der Waals surface area (Å²) in [5, 5.41) is 4.16. The summed E-state index contributed by atoms with van der Waals surface area (Å²) in [4.78, 5) is 4.41. The van der Waals surface area contributed by atoms with Gasteiger partial charge in [-0.15, -0.1) is 0 Å². The molecular weight excluding hydrogens is 271 g/mol. The standard InChI is InChI=1S/C16H15FN2S/c1-2-11-5-3-4-6-12(11)10-18-16-19-14-9-13(17)7-8-15(14)20-16/h3-9H,2,10H2,1H3,(H,18,19). The van der Waals surface area contributed by atoms with Crippen LogP contribution in [0.4, 0.5) is 9.52 Å². The van der Waals surface area contributed by atoms with Gasteiger partial charge in [0.25, 0.3) is 0 Å². The van der Waals surface area contributed by atoms with Gasteiger partial charge in [-0.25, -0.2) is 9.37 Å². The van der Waals surface area contributed by atoms with Gasteiger partial charge in [-0.2, -0.15) is 0 Å². The highest BCUT2D eigenvalue weighted by Gasteiger charge is 2.05. The number of thiazole rings is 1. The highest BCUT2D eigenvalue weighted by atomic mass is 32.1. The molecule has 1 heterocycles. The lowest BCUT2D eigenvalue weighted by atomic mass is 10.1. The Kier molecular flexibility index (Phi) is 3.65. The molecule has 1 N–H and O–H groups in total. The van der Waals surface area contributed by atoms with E-state index >= 15 is 0 Å². The third-order valence-electron chi connectivity index (χ3n) is 3.28. The summed E-state index contributed by atoms with van der Waals surface area (Å²) in [5.74, 6) is -0.245. The number of halogens is 1. The van der Waals surface area contributed by atoms with Crippen LogP contribution in [0.1, 0.15) is 18.1 Å². The first-order valence-electron chi connectivity index (χ1n) is 6.63. The first-order valence-corrected chi connectivity index (χ1v) is 7.44. The Morgan fingerprint density at radius 1 is 1.15 bits per heavy atom. The van der Waals surface area contributed by atoms with E-state index in [0.717, 1.165) is 22.8 Å². The van der Waals surface area contributed by atoms with E-state index in [-0.39, 0.29) is 5.82 Å². The van der Waals surface area contributed by atoms with Crippen molar-refractivity contribution >= 4 is 26.7 Å². The van der Waals surface area contributed by atoms with Crippen LogP contribution in [0.5, 0.6) is 0 Å². The summed E-state index contributed by atoms with van der Waals surface area (Å²) in [6, 6.07) is 13.1. The molecule has 1 aromatic heterocycles. The number of nitrogens with zero attached hydrogens (tertiary/aromatic N) is 1. The van der Waals surface area contributed by atoms with Crippen LogP contribution in [0.3, 0.4) is 0 Å². The van der Waals surface area contributed by atoms with Crippen molar-refractivity contribution in [3.05, 3.63) is 59.4 Å². The van der Waals surface area contributed by atoms with Crippen LogP contribution >= 0.6 is 11.3 Å². The van der Waals surface area contributed by atoms with E-state index in [1.54, 1.807) is 17.4 Å². The van der Waals surface area contributed by atoms with Crippen molar-refractivity contribution in [2.75, 3.05) is 5.32 Å². The average Bonchev–Trinajstić information content (AvgIpc) is 2.87. The second kappa shape index (κ2) is 5.59. The van der Waals surface area contributed by atoms with E-state index in [1.165, 1.54) is 23.3 Å². The van der Waals surface area contributed by atoms with E-state index in [9.17, 15) is 4.39 Å². The molecule has 0 radical (unpaired) electrons. The molecule has 2 aromatic carbocycles. The number of hydrogen-bond acceptors (Lipinski definition) is 3. The van der Waals surface area contributed by atoms with Crippen molar-refractivity contribution in [2.45, 2.75) is 19.9 Å². The number of fused-ring (bicyclic) bond motifs is 1. The van der Waals surface area contributed by atoms with Crippen molar-refractivity contribution in [2.24, 2.45) is 0 Å². The van der Waals surface area contributed by atoms with E-state index in [2.05, 4.69) is 35.4 Å². The van der Waals surface area contributed by atoms with Crippen molar-refractivity contribution in [3.8, 4) is 0 Å². The summed E-state index contributed by atoms with van der Waals surface area (Å²) < 4.78 is 14.1. The number of aromatic nitrogens is 1. The molecule has 3 aromatic rings. The van der Waals surface area contributed by atoms with Crippen molar-refractivity contribution < 1.29 is 4.39 Å². The van der Waals surface area contributed by atoms with E-state index < -0.39 is 0 Å². The molecule has 0 amide bonds. The fourth-order valence-electron chi connectivity index (χ4n) is 2.22. The highest BCUT2D eigenvalue weighted by Crippen LogP contribution is 2.26. The van der Waals surface area contributed by atoms with Crippen LogP contribution in [-0.4, -0.2) is 4.98 Å². The summed E-state index contributed by atoms with van der Waals surface area (Å²) in [6.07, 6.45) is 1.02. The second-order valence-corrected chi connectivity index (χ2v) is 5.64. The third-order valence-corrected chi connectivity index (χ3v) is 4.27. The van der Waals surface area contributed by atoms with Crippen molar-refractivity contribution in [1.82, 2.24) is 4.98 Å². The van der Waals surface area contributed by atoms with Crippen LogP contribution in [0.25, 0.3) is 10.2 Å². The van der Waals surface area contributed by atoms with Gasteiger partial charge in [0, 0.05) is 12.6 Å². The Hall–Kier alpha value is -1.94. The first kappa shape index (κ1) is 13.1. The quantitative estimate of drug-likeness (QED) is 0.757. The van der Waals surface area contributed by atoms with E-state index in [1.807, 2.05) is 6.07 Å². The van der Waals surface area contributed by atoms with Crippen LogP contribution in [0, 0.1) is 5.82 Å². The molecule has 0 aliphatic rings. The van der Waals surface area contributed by atoms with E-state index in [4.69, 9.17) is 0 Å². The fourth-order valence-corrected chi connectivity index (χ4v) is 3.06. The minimum atomic E-state index is -0.245. The lowest BCUT2D eigenvalue weighted by Gasteiger charge is -2.07. The monoisotopic (exact) mass is 286 g/mol. The maximum absolute atomic E-state index is 13.1. The Labute approximate surface area is 121 Å². The third kappa shape index (κ3) is 2.65. The summed E-state index contributed by atoms with van der Waals surface area (Å²) in [6.45, 7) is 2.89. The van der Waals surface area contributed by atoms with Crippen molar-refractivity contribution in [1.29, 1.82) is 0 Å². The minimum absolute atomic E-state index is 0.245. The number of anilines is 1. The molecule has 0 saturated carbocycles. The van der Waals surface area contributed by atoms with Gasteiger partial charge in [0.15, 0.2) is 5.13 Å².